The molecule has 7 heteroatoms. The van der Waals surface area contributed by atoms with Crippen LogP contribution >= 0.6 is 0 Å². The molecule has 1 N–H and O–H groups in total. The van der Waals surface area contributed by atoms with Crippen LogP contribution in [0.15, 0.2) is 41.3 Å². The molecule has 0 radical (unpaired) electrons. The third-order valence-electron chi connectivity index (χ3n) is 4.55. The standard InChI is InChI=1S/C18H18N2O4S/c1-12-9-14-16(24-11-18(21)19-14)10-17(12)25(22,23)20-8-4-6-13-5-2-3-7-15(13)20/h2-3,5,7,9-10H,4,6,8,11H2,1H3,(H,19,21). The van der Waals surface area contributed by atoms with E-state index in [2.05, 4.69) is 5.32 Å². The number of nitrogens with zero attached hydrogens (tertiary/aromatic N) is 1. The van der Waals surface area contributed by atoms with E-state index in [1.165, 1.54) is 10.4 Å². The van der Waals surface area contributed by atoms with Crippen LogP contribution in [0.5, 0.6) is 5.75 Å². The number of sulfonamides is 1. The quantitative estimate of drug-likeness (QED) is 0.895. The van der Waals surface area contributed by atoms with Crippen molar-refractivity contribution in [3.8, 4) is 5.75 Å². The zero-order valence-corrected chi connectivity index (χ0v) is 14.6. The molecule has 0 saturated heterocycles. The molecule has 2 aromatic rings. The summed E-state index contributed by atoms with van der Waals surface area (Å²) in [5, 5.41) is 2.70. The second-order valence-corrected chi connectivity index (χ2v) is 8.09. The zero-order chi connectivity index (χ0) is 17.6. The van der Waals surface area contributed by atoms with E-state index < -0.39 is 10.0 Å². The first-order chi connectivity index (χ1) is 12.0. The number of hydrogen-bond acceptors (Lipinski definition) is 4. The van der Waals surface area contributed by atoms with Gasteiger partial charge in [0.2, 0.25) is 0 Å². The first kappa shape index (κ1) is 16.0. The second-order valence-electron chi connectivity index (χ2n) is 6.26. The number of hydrogen-bond donors (Lipinski definition) is 1. The van der Waals surface area contributed by atoms with Gasteiger partial charge in [-0.2, -0.15) is 0 Å². The van der Waals surface area contributed by atoms with Gasteiger partial charge in [-0.15, -0.1) is 0 Å². The summed E-state index contributed by atoms with van der Waals surface area (Å²) >= 11 is 0. The van der Waals surface area contributed by atoms with Gasteiger partial charge in [-0.25, -0.2) is 8.42 Å². The highest BCUT2D eigenvalue weighted by molar-refractivity contribution is 7.92. The van der Waals surface area contributed by atoms with Gasteiger partial charge in [0, 0.05) is 12.6 Å². The van der Waals surface area contributed by atoms with E-state index in [0.717, 1.165) is 24.1 Å². The van der Waals surface area contributed by atoms with E-state index in [0.29, 0.717) is 23.5 Å². The van der Waals surface area contributed by atoms with Gasteiger partial charge in [0.15, 0.2) is 6.61 Å². The normalized spacial score (nSPS) is 16.5. The largest absolute Gasteiger partial charge is 0.482 e. The molecule has 130 valence electrons. The zero-order valence-electron chi connectivity index (χ0n) is 13.8. The predicted molar refractivity (Wildman–Crippen MR) is 94.6 cm³/mol. The van der Waals surface area contributed by atoms with Crippen LogP contribution in [-0.4, -0.2) is 27.5 Å². The molecule has 2 aliphatic rings. The number of para-hydroxylation sites is 1. The first-order valence-electron chi connectivity index (χ1n) is 8.15. The Hall–Kier alpha value is -2.54. The SMILES string of the molecule is Cc1cc2c(cc1S(=O)(=O)N1CCCc3ccccc31)OCC(=O)N2. The molecule has 0 unspecified atom stereocenters. The molecule has 0 aliphatic carbocycles. The number of fused-ring (bicyclic) bond motifs is 2. The molecule has 0 aromatic heterocycles. The minimum absolute atomic E-state index is 0.109. The Bertz CT molecular complexity index is 969. The van der Waals surface area contributed by atoms with Crippen molar-refractivity contribution in [3.63, 3.8) is 0 Å². The Morgan fingerprint density at radius 3 is 2.84 bits per heavy atom. The first-order valence-corrected chi connectivity index (χ1v) is 9.59. The van der Waals surface area contributed by atoms with Crippen LogP contribution in [0.1, 0.15) is 17.5 Å². The molecule has 25 heavy (non-hydrogen) atoms. The van der Waals surface area contributed by atoms with Crippen molar-refractivity contribution in [2.24, 2.45) is 0 Å². The third-order valence-corrected chi connectivity index (χ3v) is 6.50. The van der Waals surface area contributed by atoms with E-state index in [4.69, 9.17) is 4.74 Å². The van der Waals surface area contributed by atoms with E-state index in [1.807, 2.05) is 24.3 Å². The number of carbonyl (C=O) groups is 1. The molecule has 1 amide bonds. The van der Waals surface area contributed by atoms with Crippen molar-refractivity contribution in [2.75, 3.05) is 22.8 Å². The smallest absolute Gasteiger partial charge is 0.264 e. The summed E-state index contributed by atoms with van der Waals surface area (Å²) in [4.78, 5) is 11.6. The number of rotatable bonds is 2. The summed E-state index contributed by atoms with van der Waals surface area (Å²) in [7, 11) is -3.71. The molecule has 0 spiro atoms. The van der Waals surface area contributed by atoms with Gasteiger partial charge in [-0.05, 0) is 43.0 Å². The van der Waals surface area contributed by atoms with Gasteiger partial charge in [0.25, 0.3) is 15.9 Å². The maximum atomic E-state index is 13.3. The van der Waals surface area contributed by atoms with E-state index in [-0.39, 0.29) is 17.4 Å². The average molecular weight is 358 g/mol. The van der Waals surface area contributed by atoms with Crippen molar-refractivity contribution in [1.82, 2.24) is 0 Å². The molecular weight excluding hydrogens is 340 g/mol. The highest BCUT2D eigenvalue weighted by Crippen LogP contribution is 2.37. The number of nitrogens with one attached hydrogen (secondary N) is 1. The Morgan fingerprint density at radius 1 is 1.20 bits per heavy atom. The molecule has 6 nitrogen and oxygen atoms in total. The minimum Gasteiger partial charge on any atom is -0.482 e. The van der Waals surface area contributed by atoms with Gasteiger partial charge in [-0.3, -0.25) is 9.10 Å². The second kappa shape index (κ2) is 5.77. The maximum absolute atomic E-state index is 13.3. The molecule has 0 atom stereocenters. The Kier molecular flexibility index (Phi) is 3.68. The van der Waals surface area contributed by atoms with Crippen LogP contribution in [0, 0.1) is 6.92 Å². The number of anilines is 2. The van der Waals surface area contributed by atoms with Crippen LogP contribution < -0.4 is 14.4 Å². The van der Waals surface area contributed by atoms with Crippen LogP contribution in [-0.2, 0) is 21.2 Å². The predicted octanol–water partition coefficient (Wildman–Crippen LogP) is 2.47. The number of amides is 1. The lowest BCUT2D eigenvalue weighted by atomic mass is 10.0. The lowest BCUT2D eigenvalue weighted by Gasteiger charge is -2.31. The summed E-state index contributed by atoms with van der Waals surface area (Å²) in [6, 6.07) is 10.7. The van der Waals surface area contributed by atoms with Gasteiger partial charge >= 0.3 is 0 Å². The fourth-order valence-electron chi connectivity index (χ4n) is 3.36. The molecule has 0 saturated carbocycles. The number of ether oxygens (including phenoxy) is 1. The average Bonchev–Trinajstić information content (AvgIpc) is 2.60. The van der Waals surface area contributed by atoms with Crippen LogP contribution in [0.25, 0.3) is 0 Å². The third kappa shape index (κ3) is 2.64. The Balaban J connectivity index is 1.81. The molecular formula is C18H18N2O4S. The monoisotopic (exact) mass is 358 g/mol. The topological polar surface area (TPSA) is 75.7 Å². The van der Waals surface area contributed by atoms with E-state index in [1.54, 1.807) is 13.0 Å². The summed E-state index contributed by atoms with van der Waals surface area (Å²) < 4.78 is 33.5. The summed E-state index contributed by atoms with van der Waals surface area (Å²) in [5.74, 6) is 0.140. The molecule has 2 heterocycles. The Morgan fingerprint density at radius 2 is 2.00 bits per heavy atom. The summed E-state index contributed by atoms with van der Waals surface area (Å²) in [6.45, 7) is 2.07. The summed E-state index contributed by atoms with van der Waals surface area (Å²) in [5.41, 5.74) is 2.86. The minimum atomic E-state index is -3.71. The summed E-state index contributed by atoms with van der Waals surface area (Å²) in [6.07, 6.45) is 1.66. The molecule has 4 rings (SSSR count). The lowest BCUT2D eigenvalue weighted by molar-refractivity contribution is -0.118. The maximum Gasteiger partial charge on any atom is 0.264 e. The van der Waals surface area contributed by atoms with Crippen molar-refractivity contribution in [2.45, 2.75) is 24.7 Å². The van der Waals surface area contributed by atoms with Gasteiger partial charge in [0.1, 0.15) is 5.75 Å². The molecule has 0 bridgehead atoms. The fourth-order valence-corrected chi connectivity index (χ4v) is 5.13. The van der Waals surface area contributed by atoms with Crippen LogP contribution in [0.2, 0.25) is 0 Å². The van der Waals surface area contributed by atoms with Gasteiger partial charge in [-0.1, -0.05) is 18.2 Å². The Labute approximate surface area is 146 Å². The van der Waals surface area contributed by atoms with Gasteiger partial charge in [0.05, 0.1) is 16.3 Å². The number of aryl methyl sites for hydroxylation is 2. The van der Waals surface area contributed by atoms with E-state index >= 15 is 0 Å². The van der Waals surface area contributed by atoms with E-state index in [9.17, 15) is 13.2 Å². The van der Waals surface area contributed by atoms with Crippen molar-refractivity contribution >= 4 is 27.3 Å². The lowest BCUT2D eigenvalue weighted by Crippen LogP contribution is -2.36. The fraction of sp³-hybridized carbons (Fsp3) is 0.278. The van der Waals surface area contributed by atoms with Crippen molar-refractivity contribution < 1.29 is 17.9 Å². The highest BCUT2D eigenvalue weighted by atomic mass is 32.2. The van der Waals surface area contributed by atoms with Crippen LogP contribution in [0.3, 0.4) is 0 Å². The van der Waals surface area contributed by atoms with Gasteiger partial charge < -0.3 is 10.1 Å². The number of benzene rings is 2. The van der Waals surface area contributed by atoms with Crippen molar-refractivity contribution in [1.29, 1.82) is 0 Å². The van der Waals surface area contributed by atoms with Crippen LogP contribution in [0.4, 0.5) is 11.4 Å². The molecule has 0 fully saturated rings. The molecule has 2 aromatic carbocycles. The number of carbonyl (C=O) groups excluding carboxylic acids is 1. The highest BCUT2D eigenvalue weighted by Gasteiger charge is 2.31. The van der Waals surface area contributed by atoms with Crippen molar-refractivity contribution in [3.05, 3.63) is 47.5 Å². The molecule has 2 aliphatic heterocycles.